The first-order valence-electron chi connectivity index (χ1n) is 9.71. The van der Waals surface area contributed by atoms with E-state index < -0.39 is 0 Å². The van der Waals surface area contributed by atoms with Gasteiger partial charge in [-0.1, -0.05) is 31.2 Å². The minimum absolute atomic E-state index is 0.0246. The molecule has 0 spiro atoms. The van der Waals surface area contributed by atoms with Crippen LogP contribution in [0.15, 0.2) is 35.4 Å². The van der Waals surface area contributed by atoms with Crippen molar-refractivity contribution < 1.29 is 19.2 Å². The zero-order valence-electron chi connectivity index (χ0n) is 15.5. The maximum atomic E-state index is 13.1. The Morgan fingerprint density at radius 2 is 1.74 bits per heavy atom. The minimum Gasteiger partial charge on any atom is -0.343 e. The number of hydrogen-bond acceptors (Lipinski definition) is 4. The first kappa shape index (κ1) is 17.8. The van der Waals surface area contributed by atoms with Crippen LogP contribution in [0.4, 0.5) is 0 Å². The maximum absolute atomic E-state index is 13.1. The Hall–Kier alpha value is -2.56. The smallest absolute Gasteiger partial charge is 0.222 e. The first-order valence-corrected chi connectivity index (χ1v) is 9.71. The molecule has 0 bridgehead atoms. The molecular weight excluding hydrogens is 342 g/mol. The van der Waals surface area contributed by atoms with Gasteiger partial charge in [0.25, 0.3) is 0 Å². The molecule has 0 radical (unpaired) electrons. The number of fused-ring (bicyclic) bond motifs is 1. The van der Waals surface area contributed by atoms with Gasteiger partial charge in [-0.25, -0.2) is 0 Å². The van der Waals surface area contributed by atoms with E-state index in [-0.39, 0.29) is 41.5 Å². The lowest BCUT2D eigenvalue weighted by molar-refractivity contribution is -0.128. The molecular formula is C22H23NO4. The number of amides is 1. The Morgan fingerprint density at radius 1 is 1.04 bits per heavy atom. The number of hydrogen-bond donors (Lipinski definition) is 0. The highest BCUT2D eigenvalue weighted by atomic mass is 16.2. The van der Waals surface area contributed by atoms with Crippen molar-refractivity contribution in [3.63, 3.8) is 0 Å². The highest BCUT2D eigenvalue weighted by Crippen LogP contribution is 2.41. The van der Waals surface area contributed by atoms with E-state index >= 15 is 0 Å². The topological polar surface area (TPSA) is 71.5 Å². The van der Waals surface area contributed by atoms with E-state index in [0.717, 1.165) is 19.4 Å². The van der Waals surface area contributed by atoms with Crippen molar-refractivity contribution in [1.29, 1.82) is 0 Å². The quantitative estimate of drug-likeness (QED) is 0.822. The predicted molar refractivity (Wildman–Crippen MR) is 99.5 cm³/mol. The lowest BCUT2D eigenvalue weighted by Gasteiger charge is -2.34. The molecule has 27 heavy (non-hydrogen) atoms. The van der Waals surface area contributed by atoms with Crippen molar-refractivity contribution in [2.24, 2.45) is 11.8 Å². The fourth-order valence-corrected chi connectivity index (χ4v) is 4.66. The van der Waals surface area contributed by atoms with E-state index in [1.54, 1.807) is 24.3 Å². The maximum Gasteiger partial charge on any atom is 0.222 e. The van der Waals surface area contributed by atoms with Crippen molar-refractivity contribution in [2.75, 3.05) is 13.1 Å². The number of rotatable bonds is 4. The number of allylic oxidation sites excluding steroid dienone is 2. The van der Waals surface area contributed by atoms with Crippen LogP contribution in [-0.2, 0) is 9.59 Å². The van der Waals surface area contributed by atoms with Crippen LogP contribution in [-0.4, -0.2) is 41.2 Å². The molecule has 1 fully saturated rings. The molecule has 5 heteroatoms. The summed E-state index contributed by atoms with van der Waals surface area (Å²) in [4.78, 5) is 52.2. The normalized spacial score (nSPS) is 25.1. The van der Waals surface area contributed by atoms with Crippen molar-refractivity contribution in [3.8, 4) is 0 Å². The Labute approximate surface area is 158 Å². The molecule has 2 aliphatic carbocycles. The van der Waals surface area contributed by atoms with E-state index in [9.17, 15) is 19.2 Å². The summed E-state index contributed by atoms with van der Waals surface area (Å²) in [6.07, 6.45) is 2.93. The van der Waals surface area contributed by atoms with Gasteiger partial charge in [0, 0.05) is 54.1 Å². The van der Waals surface area contributed by atoms with Gasteiger partial charge in [-0.3, -0.25) is 19.2 Å². The zero-order valence-corrected chi connectivity index (χ0v) is 15.5. The molecule has 3 aliphatic rings. The molecule has 2 unspecified atom stereocenters. The van der Waals surface area contributed by atoms with E-state index in [1.807, 2.05) is 11.8 Å². The van der Waals surface area contributed by atoms with E-state index in [4.69, 9.17) is 0 Å². The van der Waals surface area contributed by atoms with Crippen LogP contribution in [0.3, 0.4) is 0 Å². The van der Waals surface area contributed by atoms with Gasteiger partial charge in [0.15, 0.2) is 11.6 Å². The van der Waals surface area contributed by atoms with E-state index in [2.05, 4.69) is 0 Å². The Bertz CT molecular complexity index is 882. The molecule has 0 aromatic heterocycles. The molecule has 1 aliphatic heterocycles. The Balaban J connectivity index is 1.61. The summed E-state index contributed by atoms with van der Waals surface area (Å²) < 4.78 is 0. The fraction of sp³-hybridized carbons (Fsp3) is 0.455. The van der Waals surface area contributed by atoms with Crippen molar-refractivity contribution >= 4 is 23.3 Å². The van der Waals surface area contributed by atoms with Gasteiger partial charge in [-0.15, -0.1) is 0 Å². The summed E-state index contributed by atoms with van der Waals surface area (Å²) in [5.74, 6) is -0.608. The van der Waals surface area contributed by atoms with E-state index in [0.29, 0.717) is 41.7 Å². The molecule has 0 N–H and O–H groups in total. The van der Waals surface area contributed by atoms with Gasteiger partial charge in [0.1, 0.15) is 5.78 Å². The highest BCUT2D eigenvalue weighted by molar-refractivity contribution is 6.28. The lowest BCUT2D eigenvalue weighted by atomic mass is 9.67. The number of nitrogens with zero attached hydrogens (tertiary/aromatic N) is 1. The molecule has 2 atom stereocenters. The number of carbonyl (C=O) groups excluding carboxylic acids is 4. The summed E-state index contributed by atoms with van der Waals surface area (Å²) in [5.41, 5.74) is 1.79. The standard InChI is InChI=1S/C22H23NO4/c1-13-14(8-4-10-23-11-5-9-19(23)25)20-17(12-18(13)24)21(26)15-6-2-3-7-16(15)22(20)27/h2-3,6-7,13-14H,4-5,8-12H2,1H3. The van der Waals surface area contributed by atoms with Crippen LogP contribution >= 0.6 is 0 Å². The van der Waals surface area contributed by atoms with Crippen molar-refractivity contribution in [2.45, 2.75) is 39.0 Å². The lowest BCUT2D eigenvalue weighted by Crippen LogP contribution is -2.37. The molecule has 1 aromatic carbocycles. The van der Waals surface area contributed by atoms with Gasteiger partial charge < -0.3 is 4.90 Å². The van der Waals surface area contributed by atoms with Gasteiger partial charge in [-0.05, 0) is 25.2 Å². The summed E-state index contributed by atoms with van der Waals surface area (Å²) in [7, 11) is 0. The molecule has 5 nitrogen and oxygen atoms in total. The van der Waals surface area contributed by atoms with Crippen molar-refractivity contribution in [3.05, 3.63) is 46.5 Å². The average molecular weight is 365 g/mol. The second-order valence-electron chi connectivity index (χ2n) is 7.76. The monoisotopic (exact) mass is 365 g/mol. The minimum atomic E-state index is -0.278. The number of benzene rings is 1. The summed E-state index contributed by atoms with van der Waals surface area (Å²) >= 11 is 0. The van der Waals surface area contributed by atoms with Gasteiger partial charge in [-0.2, -0.15) is 0 Å². The number of carbonyl (C=O) groups is 4. The number of likely N-dealkylation sites (tertiary alicyclic amines) is 1. The van der Waals surface area contributed by atoms with Gasteiger partial charge in [0.05, 0.1) is 0 Å². The fourth-order valence-electron chi connectivity index (χ4n) is 4.66. The van der Waals surface area contributed by atoms with Crippen LogP contribution in [0.5, 0.6) is 0 Å². The summed E-state index contributed by atoms with van der Waals surface area (Å²) in [6, 6.07) is 6.87. The van der Waals surface area contributed by atoms with Crippen LogP contribution in [0.25, 0.3) is 0 Å². The van der Waals surface area contributed by atoms with Crippen molar-refractivity contribution in [1.82, 2.24) is 4.90 Å². The van der Waals surface area contributed by atoms with Crippen LogP contribution in [0.1, 0.15) is 59.7 Å². The molecule has 1 heterocycles. The average Bonchev–Trinajstić information content (AvgIpc) is 3.08. The highest BCUT2D eigenvalue weighted by Gasteiger charge is 2.43. The third kappa shape index (κ3) is 2.95. The summed E-state index contributed by atoms with van der Waals surface area (Å²) in [6.45, 7) is 3.30. The van der Waals surface area contributed by atoms with Gasteiger partial charge in [0.2, 0.25) is 5.91 Å². The van der Waals surface area contributed by atoms with Crippen LogP contribution < -0.4 is 0 Å². The number of Topliss-reactive ketones (excluding diaryl/α,β-unsaturated/α-hetero) is 3. The SMILES string of the molecule is CC1C(=O)CC2=C(C(=O)c3ccccc3C2=O)C1CCCN1CCCC1=O. The molecule has 1 saturated heterocycles. The van der Waals surface area contributed by atoms with Gasteiger partial charge >= 0.3 is 0 Å². The van der Waals surface area contributed by atoms with Crippen LogP contribution in [0.2, 0.25) is 0 Å². The third-order valence-electron chi connectivity index (χ3n) is 6.21. The third-order valence-corrected chi connectivity index (χ3v) is 6.21. The Morgan fingerprint density at radius 3 is 2.41 bits per heavy atom. The summed E-state index contributed by atoms with van der Waals surface area (Å²) in [5, 5.41) is 0. The predicted octanol–water partition coefficient (Wildman–Crippen LogP) is 2.99. The second-order valence-corrected chi connectivity index (χ2v) is 7.76. The zero-order chi connectivity index (χ0) is 19.1. The molecule has 4 rings (SSSR count). The molecule has 0 saturated carbocycles. The molecule has 1 aromatic rings. The number of ketones is 3. The Kier molecular flexibility index (Phi) is 4.54. The second kappa shape index (κ2) is 6.87. The molecule has 1 amide bonds. The van der Waals surface area contributed by atoms with E-state index in [1.165, 1.54) is 0 Å². The largest absolute Gasteiger partial charge is 0.343 e. The molecule has 140 valence electrons. The van der Waals surface area contributed by atoms with Crippen LogP contribution in [0, 0.1) is 11.8 Å². The first-order chi connectivity index (χ1) is 13.0.